The van der Waals surface area contributed by atoms with Crippen molar-refractivity contribution in [2.24, 2.45) is 0 Å². The molecule has 2 amide bonds. The summed E-state index contributed by atoms with van der Waals surface area (Å²) in [7, 11) is 0. The molecule has 0 N–H and O–H groups in total. The summed E-state index contributed by atoms with van der Waals surface area (Å²) in [6.45, 7) is 7.33. The fourth-order valence-corrected chi connectivity index (χ4v) is 4.87. The zero-order chi connectivity index (χ0) is 20.1. The van der Waals surface area contributed by atoms with Gasteiger partial charge in [-0.3, -0.25) is 9.59 Å². The summed E-state index contributed by atoms with van der Waals surface area (Å²) in [5.41, 5.74) is 3.60. The second kappa shape index (κ2) is 9.37. The van der Waals surface area contributed by atoms with Crippen LogP contribution in [0.25, 0.3) is 0 Å². The van der Waals surface area contributed by atoms with Crippen LogP contribution >= 0.6 is 11.3 Å². The first-order chi connectivity index (χ1) is 13.5. The average molecular weight is 399 g/mol. The van der Waals surface area contributed by atoms with Crippen LogP contribution in [0.3, 0.4) is 0 Å². The van der Waals surface area contributed by atoms with Crippen molar-refractivity contribution in [1.29, 1.82) is 0 Å². The maximum atomic E-state index is 13.3. The average Bonchev–Trinajstić information content (AvgIpc) is 3.15. The number of rotatable bonds is 7. The van der Waals surface area contributed by atoms with Crippen molar-refractivity contribution >= 4 is 23.2 Å². The summed E-state index contributed by atoms with van der Waals surface area (Å²) in [5, 5.41) is 2.12. The van der Waals surface area contributed by atoms with Crippen LogP contribution in [0.2, 0.25) is 0 Å². The molecule has 1 aliphatic heterocycles. The first-order valence-electron chi connectivity index (χ1n) is 10.2. The van der Waals surface area contributed by atoms with E-state index in [4.69, 9.17) is 0 Å². The molecule has 0 saturated carbocycles. The van der Waals surface area contributed by atoms with Gasteiger partial charge in [-0.05, 0) is 47.9 Å². The predicted molar refractivity (Wildman–Crippen MR) is 115 cm³/mol. The number of hydrogen-bond acceptors (Lipinski definition) is 3. The molecule has 1 atom stereocenters. The molecule has 5 heteroatoms. The number of carbonyl (C=O) groups excluding carboxylic acids is 2. The number of thiophene rings is 1. The van der Waals surface area contributed by atoms with Gasteiger partial charge in [0.15, 0.2) is 0 Å². The van der Waals surface area contributed by atoms with E-state index in [0.29, 0.717) is 13.1 Å². The van der Waals surface area contributed by atoms with Gasteiger partial charge >= 0.3 is 0 Å². The molecule has 2 heterocycles. The lowest BCUT2D eigenvalue weighted by Crippen LogP contribution is -2.46. The third-order valence-corrected chi connectivity index (χ3v) is 6.57. The predicted octanol–water partition coefficient (Wildman–Crippen LogP) is 4.57. The molecule has 0 fully saturated rings. The number of carbonyl (C=O) groups is 2. The Morgan fingerprint density at radius 1 is 1.18 bits per heavy atom. The Hall–Kier alpha value is -2.14. The van der Waals surface area contributed by atoms with Gasteiger partial charge < -0.3 is 9.80 Å². The van der Waals surface area contributed by atoms with E-state index < -0.39 is 0 Å². The fourth-order valence-electron chi connectivity index (χ4n) is 3.97. The molecule has 1 aromatic heterocycles. The van der Waals surface area contributed by atoms with Crippen LogP contribution in [-0.4, -0.2) is 41.2 Å². The quantitative estimate of drug-likeness (QED) is 0.641. The van der Waals surface area contributed by atoms with Crippen LogP contribution in [0, 0.1) is 6.92 Å². The van der Waals surface area contributed by atoms with E-state index in [-0.39, 0.29) is 24.4 Å². The van der Waals surface area contributed by atoms with Gasteiger partial charge in [0.1, 0.15) is 0 Å². The number of nitrogens with zero attached hydrogens (tertiary/aromatic N) is 2. The number of benzene rings is 1. The van der Waals surface area contributed by atoms with Gasteiger partial charge in [0, 0.05) is 24.9 Å². The molecule has 1 aromatic carbocycles. The Morgan fingerprint density at radius 3 is 2.68 bits per heavy atom. The van der Waals surface area contributed by atoms with E-state index in [1.165, 1.54) is 21.6 Å². The molecule has 0 spiro atoms. The number of fused-ring (bicyclic) bond motifs is 1. The molecule has 1 aliphatic rings. The Bertz CT molecular complexity index is 830. The molecule has 2 aromatic rings. The maximum absolute atomic E-state index is 13.3. The summed E-state index contributed by atoms with van der Waals surface area (Å²) >= 11 is 1.77. The summed E-state index contributed by atoms with van der Waals surface area (Å²) < 4.78 is 0. The molecular formula is C23H30N2O2S. The van der Waals surface area contributed by atoms with Crippen LogP contribution < -0.4 is 0 Å². The summed E-state index contributed by atoms with van der Waals surface area (Å²) in [5.74, 6) is 0.0157. The third-order valence-electron chi connectivity index (χ3n) is 5.57. The number of unbranched alkanes of at least 4 members (excludes halogenated alkanes) is 2. The van der Waals surface area contributed by atoms with E-state index in [0.717, 1.165) is 25.7 Å². The molecule has 3 rings (SSSR count). The first kappa shape index (κ1) is 20.6. The van der Waals surface area contributed by atoms with Crippen LogP contribution in [0.4, 0.5) is 0 Å². The normalized spacial score (nSPS) is 16.0. The van der Waals surface area contributed by atoms with Crippen LogP contribution in [-0.2, 0) is 16.0 Å². The zero-order valence-corrected chi connectivity index (χ0v) is 17.9. The van der Waals surface area contributed by atoms with E-state index in [1.54, 1.807) is 23.2 Å². The van der Waals surface area contributed by atoms with Gasteiger partial charge in [-0.15, -0.1) is 11.3 Å². The lowest BCUT2D eigenvalue weighted by Gasteiger charge is -2.38. The minimum absolute atomic E-state index is 0.0230. The molecule has 28 heavy (non-hydrogen) atoms. The Balaban J connectivity index is 1.85. The smallest absolute Gasteiger partial charge is 0.242 e. The van der Waals surface area contributed by atoms with E-state index in [9.17, 15) is 9.59 Å². The lowest BCUT2D eigenvalue weighted by molar-refractivity contribution is -0.140. The van der Waals surface area contributed by atoms with Gasteiger partial charge in [-0.2, -0.15) is 0 Å². The van der Waals surface area contributed by atoms with Crippen LogP contribution in [0.1, 0.15) is 60.7 Å². The number of amides is 2. The second-order valence-corrected chi connectivity index (χ2v) is 8.54. The molecule has 0 bridgehead atoms. The molecule has 150 valence electrons. The van der Waals surface area contributed by atoms with Crippen molar-refractivity contribution < 1.29 is 9.59 Å². The van der Waals surface area contributed by atoms with Crippen molar-refractivity contribution in [3.8, 4) is 0 Å². The van der Waals surface area contributed by atoms with Gasteiger partial charge in [0.25, 0.3) is 0 Å². The van der Waals surface area contributed by atoms with Crippen molar-refractivity contribution in [3.05, 3.63) is 57.3 Å². The summed E-state index contributed by atoms with van der Waals surface area (Å²) in [6.07, 6.45) is 4.00. The van der Waals surface area contributed by atoms with Crippen LogP contribution in [0.5, 0.6) is 0 Å². The van der Waals surface area contributed by atoms with E-state index in [2.05, 4.69) is 37.4 Å². The highest BCUT2D eigenvalue weighted by Crippen LogP contribution is 2.38. The molecule has 4 nitrogen and oxygen atoms in total. The highest BCUT2D eigenvalue weighted by Gasteiger charge is 2.34. The minimum Gasteiger partial charge on any atom is -0.334 e. The SMILES string of the molecule is CCCCCN(CC(=O)N1CCc2sccc2[C@@H]1c1ccccc1C)C(C)=O. The Labute approximate surface area is 172 Å². The molecule has 0 saturated heterocycles. The lowest BCUT2D eigenvalue weighted by atomic mass is 9.90. The standard InChI is InChI=1S/C23H30N2O2S/c1-4-5-8-13-24(18(3)26)16-22(27)25-14-11-21-20(12-15-28-21)23(25)19-10-7-6-9-17(19)2/h6-7,9-10,12,15,23H,4-5,8,11,13-14,16H2,1-3H3/t23-/m0/s1. The van der Waals surface area contributed by atoms with Gasteiger partial charge in [0.05, 0.1) is 12.6 Å². The summed E-state index contributed by atoms with van der Waals surface area (Å²) in [4.78, 5) is 30.4. The monoisotopic (exact) mass is 398 g/mol. The van der Waals surface area contributed by atoms with Crippen molar-refractivity contribution in [1.82, 2.24) is 9.80 Å². The Morgan fingerprint density at radius 2 is 1.96 bits per heavy atom. The Kier molecular flexibility index (Phi) is 6.89. The zero-order valence-electron chi connectivity index (χ0n) is 17.1. The van der Waals surface area contributed by atoms with Gasteiger partial charge in [-0.1, -0.05) is 44.0 Å². The minimum atomic E-state index is -0.0619. The van der Waals surface area contributed by atoms with E-state index in [1.807, 2.05) is 17.0 Å². The molecular weight excluding hydrogens is 368 g/mol. The fraction of sp³-hybridized carbons (Fsp3) is 0.478. The first-order valence-corrected chi connectivity index (χ1v) is 11.1. The number of hydrogen-bond donors (Lipinski definition) is 0. The molecule has 0 aliphatic carbocycles. The third kappa shape index (κ3) is 4.46. The van der Waals surface area contributed by atoms with E-state index >= 15 is 0 Å². The summed E-state index contributed by atoms with van der Waals surface area (Å²) in [6, 6.07) is 10.4. The highest BCUT2D eigenvalue weighted by molar-refractivity contribution is 7.10. The van der Waals surface area contributed by atoms with Crippen molar-refractivity contribution in [2.45, 2.75) is 52.5 Å². The highest BCUT2D eigenvalue weighted by atomic mass is 32.1. The molecule has 0 unspecified atom stereocenters. The second-order valence-electron chi connectivity index (χ2n) is 7.54. The van der Waals surface area contributed by atoms with Crippen LogP contribution in [0.15, 0.2) is 35.7 Å². The maximum Gasteiger partial charge on any atom is 0.242 e. The molecule has 0 radical (unpaired) electrons. The topological polar surface area (TPSA) is 40.6 Å². The number of aryl methyl sites for hydroxylation is 1. The van der Waals surface area contributed by atoms with Crippen molar-refractivity contribution in [2.75, 3.05) is 19.6 Å². The van der Waals surface area contributed by atoms with Gasteiger partial charge in [-0.25, -0.2) is 0 Å². The van der Waals surface area contributed by atoms with Crippen molar-refractivity contribution in [3.63, 3.8) is 0 Å². The largest absolute Gasteiger partial charge is 0.334 e. The van der Waals surface area contributed by atoms with Gasteiger partial charge in [0.2, 0.25) is 11.8 Å².